The highest BCUT2D eigenvalue weighted by atomic mass is 14.6. The summed E-state index contributed by atoms with van der Waals surface area (Å²) in [5, 5.41) is 0. The molecular weight excluding hydrogens is 336 g/mol. The van der Waals surface area contributed by atoms with Crippen molar-refractivity contribution in [2.75, 3.05) is 0 Å². The van der Waals surface area contributed by atoms with Crippen LogP contribution in [0.15, 0.2) is 22.8 Å². The fraction of sp³-hybridized carbons (Fsp3) is 0.857. The summed E-state index contributed by atoms with van der Waals surface area (Å²) in [6, 6.07) is 0. The largest absolute Gasteiger partial charge is 0.0802 e. The average Bonchev–Trinajstić information content (AvgIpc) is 2.94. The number of fused-ring (bicyclic) bond motifs is 4. The van der Waals surface area contributed by atoms with Crippen LogP contribution in [0.2, 0.25) is 0 Å². The minimum Gasteiger partial charge on any atom is -0.0802 e. The second kappa shape index (κ2) is 7.31. The Bertz CT molecular complexity index is 660. The lowest BCUT2D eigenvalue weighted by Gasteiger charge is -2.57. The van der Waals surface area contributed by atoms with Crippen LogP contribution in [0.5, 0.6) is 0 Å². The van der Waals surface area contributed by atoms with E-state index in [9.17, 15) is 0 Å². The Hall–Kier alpha value is -0.520. The molecule has 0 saturated heterocycles. The van der Waals surface area contributed by atoms with Gasteiger partial charge in [-0.3, -0.25) is 0 Å². The Balaban J connectivity index is 1.54. The Morgan fingerprint density at radius 1 is 0.964 bits per heavy atom. The first kappa shape index (κ1) is 20.7. The van der Waals surface area contributed by atoms with Crippen LogP contribution in [-0.4, -0.2) is 0 Å². The maximum absolute atomic E-state index is 2.71. The van der Waals surface area contributed by atoms with Gasteiger partial charge in [0, 0.05) is 0 Å². The molecule has 0 N–H and O–H groups in total. The van der Waals surface area contributed by atoms with Gasteiger partial charge in [0.1, 0.15) is 0 Å². The summed E-state index contributed by atoms with van der Waals surface area (Å²) in [4.78, 5) is 0. The third-order valence-electron chi connectivity index (χ3n) is 9.89. The summed E-state index contributed by atoms with van der Waals surface area (Å²) in [6.45, 7) is 15.2. The first-order chi connectivity index (χ1) is 13.2. The number of unbranched alkanes of at least 4 members (excludes halogenated alkanes) is 1. The molecule has 0 amide bonds. The van der Waals surface area contributed by atoms with E-state index in [4.69, 9.17) is 0 Å². The monoisotopic (exact) mass is 382 g/mol. The van der Waals surface area contributed by atoms with E-state index in [2.05, 4.69) is 47.6 Å². The minimum absolute atomic E-state index is 0.490. The molecule has 28 heavy (non-hydrogen) atoms. The topological polar surface area (TPSA) is 0 Å². The lowest BCUT2D eigenvalue weighted by molar-refractivity contribution is 0.00660. The van der Waals surface area contributed by atoms with E-state index in [1.165, 1.54) is 77.0 Å². The highest BCUT2D eigenvalue weighted by molar-refractivity contribution is 5.49. The molecular formula is C28H46. The van der Waals surface area contributed by atoms with Crippen molar-refractivity contribution in [3.05, 3.63) is 22.8 Å². The molecule has 0 aromatic rings. The van der Waals surface area contributed by atoms with E-state index in [0.29, 0.717) is 16.2 Å². The van der Waals surface area contributed by atoms with Crippen LogP contribution in [-0.2, 0) is 0 Å². The van der Waals surface area contributed by atoms with Crippen molar-refractivity contribution in [3.8, 4) is 0 Å². The maximum atomic E-state index is 2.71. The molecule has 0 aliphatic heterocycles. The van der Waals surface area contributed by atoms with Gasteiger partial charge in [-0.2, -0.15) is 0 Å². The molecule has 0 aromatic carbocycles. The molecule has 0 aromatic heterocycles. The van der Waals surface area contributed by atoms with Crippen LogP contribution < -0.4 is 0 Å². The maximum Gasteiger partial charge on any atom is -0.00415 e. The third-order valence-corrected chi connectivity index (χ3v) is 9.89. The lowest BCUT2D eigenvalue weighted by atomic mass is 9.47. The van der Waals surface area contributed by atoms with E-state index in [1.807, 2.05) is 16.7 Å². The molecule has 0 heteroatoms. The zero-order valence-electron chi connectivity index (χ0n) is 19.8. The normalized spacial score (nSPS) is 39.5. The van der Waals surface area contributed by atoms with Crippen molar-refractivity contribution in [2.24, 2.45) is 34.0 Å². The van der Waals surface area contributed by atoms with Gasteiger partial charge in [0.05, 0.1) is 0 Å². The Morgan fingerprint density at radius 3 is 2.50 bits per heavy atom. The van der Waals surface area contributed by atoms with Crippen LogP contribution >= 0.6 is 0 Å². The van der Waals surface area contributed by atoms with E-state index < -0.39 is 0 Å². The highest BCUT2D eigenvalue weighted by Crippen LogP contribution is 2.66. The van der Waals surface area contributed by atoms with Crippen molar-refractivity contribution in [3.63, 3.8) is 0 Å². The van der Waals surface area contributed by atoms with Crippen LogP contribution in [0, 0.1) is 34.0 Å². The molecule has 0 nitrogen and oxygen atoms in total. The molecule has 1 fully saturated rings. The zero-order valence-corrected chi connectivity index (χ0v) is 19.8. The number of allylic oxidation sites excluding steroid dienone is 4. The molecule has 4 aliphatic rings. The van der Waals surface area contributed by atoms with Crippen molar-refractivity contribution >= 4 is 0 Å². The predicted molar refractivity (Wildman–Crippen MR) is 122 cm³/mol. The summed E-state index contributed by atoms with van der Waals surface area (Å²) in [5.74, 6) is 2.69. The third kappa shape index (κ3) is 3.26. The molecule has 0 bridgehead atoms. The molecule has 4 rings (SSSR count). The molecule has 4 unspecified atom stereocenters. The Morgan fingerprint density at radius 2 is 1.75 bits per heavy atom. The molecule has 158 valence electrons. The number of hydrogen-bond acceptors (Lipinski definition) is 0. The van der Waals surface area contributed by atoms with Gasteiger partial charge in [0.2, 0.25) is 0 Å². The summed E-state index contributed by atoms with van der Waals surface area (Å²) >= 11 is 0. The van der Waals surface area contributed by atoms with Crippen LogP contribution in [0.4, 0.5) is 0 Å². The van der Waals surface area contributed by atoms with Gasteiger partial charge in [-0.25, -0.2) is 0 Å². The number of hydrogen-bond donors (Lipinski definition) is 0. The molecule has 0 heterocycles. The highest BCUT2D eigenvalue weighted by Gasteiger charge is 2.54. The van der Waals surface area contributed by atoms with Crippen LogP contribution in [0.25, 0.3) is 0 Å². The van der Waals surface area contributed by atoms with Gasteiger partial charge in [-0.1, -0.05) is 78.9 Å². The molecule has 1 saturated carbocycles. The smallest absolute Gasteiger partial charge is 0.00415 e. The van der Waals surface area contributed by atoms with Gasteiger partial charge in [-0.15, -0.1) is 0 Å². The van der Waals surface area contributed by atoms with E-state index in [1.54, 1.807) is 0 Å². The van der Waals surface area contributed by atoms with E-state index in [-0.39, 0.29) is 0 Å². The fourth-order valence-electron chi connectivity index (χ4n) is 8.25. The van der Waals surface area contributed by atoms with E-state index >= 15 is 0 Å². The summed E-state index contributed by atoms with van der Waals surface area (Å²) in [6.07, 6.45) is 19.8. The second-order valence-corrected chi connectivity index (χ2v) is 12.5. The Labute approximate surface area is 175 Å². The lowest BCUT2D eigenvalue weighted by Crippen LogP contribution is -2.47. The zero-order chi connectivity index (χ0) is 20.2. The quantitative estimate of drug-likeness (QED) is 0.416. The molecule has 0 spiro atoms. The van der Waals surface area contributed by atoms with Crippen LogP contribution in [0.1, 0.15) is 119 Å². The second-order valence-electron chi connectivity index (χ2n) is 12.5. The molecule has 4 aliphatic carbocycles. The van der Waals surface area contributed by atoms with Gasteiger partial charge in [0.25, 0.3) is 0 Å². The molecule has 4 atom stereocenters. The fourth-order valence-corrected chi connectivity index (χ4v) is 8.25. The van der Waals surface area contributed by atoms with Gasteiger partial charge >= 0.3 is 0 Å². The SMILES string of the molecule is CC(C)CCCCC1CC=C2C3=C(CCC21C)C1(C)CCCC(C)(C)C1CC3. The minimum atomic E-state index is 0.490. The van der Waals surface area contributed by atoms with Gasteiger partial charge in [0.15, 0.2) is 0 Å². The first-order valence-corrected chi connectivity index (χ1v) is 12.6. The average molecular weight is 383 g/mol. The standard InChI is InChI=1S/C28H46/c1-20(2)10-7-8-11-21-12-14-23-22-13-15-25-26(3,4)17-9-18-28(25,6)24(22)16-19-27(21,23)5/h14,20-21,25H,7-13,15-19H2,1-6H3. The van der Waals surface area contributed by atoms with Crippen molar-refractivity contribution in [1.82, 2.24) is 0 Å². The van der Waals surface area contributed by atoms with Crippen molar-refractivity contribution < 1.29 is 0 Å². The van der Waals surface area contributed by atoms with Gasteiger partial charge < -0.3 is 0 Å². The first-order valence-electron chi connectivity index (χ1n) is 12.6. The molecule has 0 radical (unpaired) electrons. The summed E-state index contributed by atoms with van der Waals surface area (Å²) in [5.41, 5.74) is 7.12. The predicted octanol–water partition coefficient (Wildman–Crippen LogP) is 8.87. The van der Waals surface area contributed by atoms with Gasteiger partial charge in [-0.05, 0) is 96.5 Å². The van der Waals surface area contributed by atoms with Crippen LogP contribution in [0.3, 0.4) is 0 Å². The van der Waals surface area contributed by atoms with E-state index in [0.717, 1.165) is 17.8 Å². The van der Waals surface area contributed by atoms with Crippen molar-refractivity contribution in [2.45, 2.75) is 119 Å². The number of rotatable bonds is 5. The summed E-state index contributed by atoms with van der Waals surface area (Å²) in [7, 11) is 0. The van der Waals surface area contributed by atoms with Crippen molar-refractivity contribution in [1.29, 1.82) is 0 Å². The Kier molecular flexibility index (Phi) is 5.42. The summed E-state index contributed by atoms with van der Waals surface area (Å²) < 4.78 is 0.